The predicted octanol–water partition coefficient (Wildman–Crippen LogP) is 2.63. The third-order valence-corrected chi connectivity index (χ3v) is 2.86. The second kappa shape index (κ2) is 4.80. The normalized spacial score (nSPS) is 11.6. The van der Waals surface area contributed by atoms with E-state index in [2.05, 4.69) is 47.7 Å². The van der Waals surface area contributed by atoms with Crippen molar-refractivity contribution in [3.8, 4) is 5.75 Å². The summed E-state index contributed by atoms with van der Waals surface area (Å²) in [6, 6.07) is 8.04. The SMILES string of the molecule is COc1ccc(Cc2nncn2C(C)(C)C)cc1. The number of hydrogen-bond donors (Lipinski definition) is 0. The molecule has 0 saturated carbocycles. The minimum absolute atomic E-state index is 0.00526. The molecule has 0 aliphatic carbocycles. The summed E-state index contributed by atoms with van der Waals surface area (Å²) >= 11 is 0. The van der Waals surface area contributed by atoms with Crippen molar-refractivity contribution in [2.75, 3.05) is 7.11 Å². The monoisotopic (exact) mass is 245 g/mol. The van der Waals surface area contributed by atoms with Gasteiger partial charge < -0.3 is 9.30 Å². The summed E-state index contributed by atoms with van der Waals surface area (Å²) < 4.78 is 7.26. The zero-order chi connectivity index (χ0) is 13.2. The Morgan fingerprint density at radius 3 is 2.39 bits per heavy atom. The first-order valence-electron chi connectivity index (χ1n) is 6.03. The van der Waals surface area contributed by atoms with Crippen LogP contribution in [-0.2, 0) is 12.0 Å². The van der Waals surface area contributed by atoms with Gasteiger partial charge in [-0.05, 0) is 38.5 Å². The van der Waals surface area contributed by atoms with Crippen molar-refractivity contribution >= 4 is 0 Å². The molecule has 1 aromatic heterocycles. The molecule has 0 aliphatic rings. The Morgan fingerprint density at radius 2 is 1.83 bits per heavy atom. The first-order valence-corrected chi connectivity index (χ1v) is 6.03. The van der Waals surface area contributed by atoms with E-state index in [0.717, 1.165) is 18.0 Å². The number of rotatable bonds is 3. The highest BCUT2D eigenvalue weighted by Crippen LogP contribution is 2.18. The standard InChI is InChI=1S/C14H19N3O/c1-14(2,3)17-10-15-16-13(17)9-11-5-7-12(18-4)8-6-11/h5-8,10H,9H2,1-4H3. The molecule has 0 bridgehead atoms. The molecular weight excluding hydrogens is 226 g/mol. The van der Waals surface area contributed by atoms with Gasteiger partial charge in [-0.15, -0.1) is 10.2 Å². The van der Waals surface area contributed by atoms with Gasteiger partial charge >= 0.3 is 0 Å². The van der Waals surface area contributed by atoms with Gasteiger partial charge in [-0.1, -0.05) is 12.1 Å². The first-order chi connectivity index (χ1) is 8.50. The van der Waals surface area contributed by atoms with Crippen LogP contribution in [0.2, 0.25) is 0 Å². The van der Waals surface area contributed by atoms with Crippen molar-refractivity contribution < 1.29 is 4.74 Å². The van der Waals surface area contributed by atoms with Gasteiger partial charge in [-0.25, -0.2) is 0 Å². The summed E-state index contributed by atoms with van der Waals surface area (Å²) in [6.45, 7) is 6.44. The van der Waals surface area contributed by atoms with Crippen LogP contribution in [0.25, 0.3) is 0 Å². The van der Waals surface area contributed by atoms with Gasteiger partial charge in [0.1, 0.15) is 17.9 Å². The smallest absolute Gasteiger partial charge is 0.137 e. The molecule has 2 rings (SSSR count). The summed E-state index contributed by atoms with van der Waals surface area (Å²) in [4.78, 5) is 0. The maximum Gasteiger partial charge on any atom is 0.137 e. The van der Waals surface area contributed by atoms with Crippen molar-refractivity contribution in [1.29, 1.82) is 0 Å². The molecule has 4 nitrogen and oxygen atoms in total. The van der Waals surface area contributed by atoms with Crippen molar-refractivity contribution in [3.05, 3.63) is 42.0 Å². The van der Waals surface area contributed by atoms with Crippen LogP contribution in [0.1, 0.15) is 32.2 Å². The number of hydrogen-bond acceptors (Lipinski definition) is 3. The van der Waals surface area contributed by atoms with E-state index in [9.17, 15) is 0 Å². The van der Waals surface area contributed by atoms with E-state index in [1.807, 2.05) is 12.1 Å². The molecule has 0 atom stereocenters. The first kappa shape index (κ1) is 12.6. The van der Waals surface area contributed by atoms with E-state index in [1.54, 1.807) is 13.4 Å². The number of aromatic nitrogens is 3. The Morgan fingerprint density at radius 1 is 1.17 bits per heavy atom. The van der Waals surface area contributed by atoms with Crippen LogP contribution in [0, 0.1) is 0 Å². The number of methoxy groups -OCH3 is 1. The Labute approximate surface area is 108 Å². The second-order valence-corrected chi connectivity index (χ2v) is 5.31. The summed E-state index contributed by atoms with van der Waals surface area (Å²) in [7, 11) is 1.67. The highest BCUT2D eigenvalue weighted by atomic mass is 16.5. The molecule has 0 spiro atoms. The summed E-state index contributed by atoms with van der Waals surface area (Å²) in [5.74, 6) is 1.85. The molecule has 0 radical (unpaired) electrons. The van der Waals surface area contributed by atoms with Crippen LogP contribution >= 0.6 is 0 Å². The average molecular weight is 245 g/mol. The van der Waals surface area contributed by atoms with Gasteiger partial charge in [0.2, 0.25) is 0 Å². The van der Waals surface area contributed by atoms with Crippen molar-refractivity contribution in [3.63, 3.8) is 0 Å². The van der Waals surface area contributed by atoms with E-state index < -0.39 is 0 Å². The van der Waals surface area contributed by atoms with Crippen LogP contribution in [0.3, 0.4) is 0 Å². The van der Waals surface area contributed by atoms with Crippen LogP contribution < -0.4 is 4.74 Å². The second-order valence-electron chi connectivity index (χ2n) is 5.31. The molecule has 0 unspecified atom stereocenters. The van der Waals surface area contributed by atoms with Gasteiger partial charge in [0.15, 0.2) is 0 Å². The van der Waals surface area contributed by atoms with E-state index in [0.29, 0.717) is 0 Å². The third-order valence-electron chi connectivity index (χ3n) is 2.86. The van der Waals surface area contributed by atoms with Crippen molar-refractivity contribution in [2.45, 2.75) is 32.7 Å². The van der Waals surface area contributed by atoms with Crippen molar-refractivity contribution in [1.82, 2.24) is 14.8 Å². The maximum absolute atomic E-state index is 5.15. The average Bonchev–Trinajstić information content (AvgIpc) is 2.78. The summed E-state index contributed by atoms with van der Waals surface area (Å²) in [6.07, 6.45) is 2.57. The van der Waals surface area contributed by atoms with Gasteiger partial charge in [0.05, 0.1) is 7.11 Å². The van der Waals surface area contributed by atoms with Gasteiger partial charge in [-0.2, -0.15) is 0 Å². The highest BCUT2D eigenvalue weighted by Gasteiger charge is 2.17. The van der Waals surface area contributed by atoms with Crippen LogP contribution in [0.4, 0.5) is 0 Å². The van der Waals surface area contributed by atoms with Crippen LogP contribution in [0.5, 0.6) is 5.75 Å². The van der Waals surface area contributed by atoms with E-state index in [-0.39, 0.29) is 5.54 Å². The lowest BCUT2D eigenvalue weighted by Crippen LogP contribution is -2.23. The van der Waals surface area contributed by atoms with Gasteiger partial charge in [0, 0.05) is 12.0 Å². The Bertz CT molecular complexity index is 509. The molecule has 18 heavy (non-hydrogen) atoms. The van der Waals surface area contributed by atoms with E-state index in [1.165, 1.54) is 5.56 Å². The quantitative estimate of drug-likeness (QED) is 0.834. The fraction of sp³-hybridized carbons (Fsp3) is 0.429. The Hall–Kier alpha value is -1.84. The van der Waals surface area contributed by atoms with Crippen LogP contribution in [0.15, 0.2) is 30.6 Å². The van der Waals surface area contributed by atoms with E-state index in [4.69, 9.17) is 4.74 Å². The molecule has 96 valence electrons. The van der Waals surface area contributed by atoms with Crippen molar-refractivity contribution in [2.24, 2.45) is 0 Å². The third kappa shape index (κ3) is 2.70. The molecule has 0 fully saturated rings. The lowest BCUT2D eigenvalue weighted by Gasteiger charge is -2.22. The highest BCUT2D eigenvalue weighted by molar-refractivity contribution is 5.28. The molecule has 0 saturated heterocycles. The molecule has 1 heterocycles. The molecule has 0 aliphatic heterocycles. The fourth-order valence-corrected chi connectivity index (χ4v) is 1.87. The lowest BCUT2D eigenvalue weighted by atomic mass is 10.1. The minimum Gasteiger partial charge on any atom is -0.497 e. The zero-order valence-electron chi connectivity index (χ0n) is 11.3. The topological polar surface area (TPSA) is 39.9 Å². The zero-order valence-corrected chi connectivity index (χ0v) is 11.3. The molecule has 4 heteroatoms. The number of nitrogens with zero attached hydrogens (tertiary/aromatic N) is 3. The van der Waals surface area contributed by atoms with Gasteiger partial charge in [0.25, 0.3) is 0 Å². The largest absolute Gasteiger partial charge is 0.497 e. The molecule has 2 aromatic rings. The predicted molar refractivity (Wildman–Crippen MR) is 70.8 cm³/mol. The van der Waals surface area contributed by atoms with Crippen LogP contribution in [-0.4, -0.2) is 21.9 Å². The maximum atomic E-state index is 5.15. The lowest BCUT2D eigenvalue weighted by molar-refractivity contribution is 0.384. The molecule has 0 N–H and O–H groups in total. The fourth-order valence-electron chi connectivity index (χ4n) is 1.87. The molecular formula is C14H19N3O. The molecule has 1 aromatic carbocycles. The van der Waals surface area contributed by atoms with Gasteiger partial charge in [-0.3, -0.25) is 0 Å². The summed E-state index contributed by atoms with van der Waals surface area (Å²) in [5.41, 5.74) is 1.21. The summed E-state index contributed by atoms with van der Waals surface area (Å²) in [5, 5.41) is 8.21. The Balaban J connectivity index is 2.21. The van der Waals surface area contributed by atoms with E-state index >= 15 is 0 Å². The number of benzene rings is 1. The number of ether oxygens (including phenoxy) is 1. The molecule has 0 amide bonds. The minimum atomic E-state index is 0.00526. The Kier molecular flexibility index (Phi) is 3.36.